The summed E-state index contributed by atoms with van der Waals surface area (Å²) < 4.78 is 7.94. The molecule has 0 spiro atoms. The van der Waals surface area contributed by atoms with Gasteiger partial charge in [-0.15, -0.1) is 0 Å². The van der Waals surface area contributed by atoms with Gasteiger partial charge in [-0.25, -0.2) is 0 Å². The lowest BCUT2D eigenvalue weighted by molar-refractivity contribution is 0.160. The lowest BCUT2D eigenvalue weighted by atomic mass is 9.93. The van der Waals surface area contributed by atoms with E-state index < -0.39 is 0 Å². The van der Waals surface area contributed by atoms with Crippen molar-refractivity contribution in [3.63, 3.8) is 0 Å². The van der Waals surface area contributed by atoms with Crippen molar-refractivity contribution in [1.29, 1.82) is 0 Å². The van der Waals surface area contributed by atoms with Gasteiger partial charge < -0.3 is 10.5 Å². The second-order valence-corrected chi connectivity index (χ2v) is 5.63. The zero-order valence-corrected chi connectivity index (χ0v) is 12.4. The monoisotopic (exact) mass is 291 g/mol. The van der Waals surface area contributed by atoms with E-state index in [1.807, 2.05) is 36.1 Å². The molecule has 0 aliphatic carbocycles. The highest BCUT2D eigenvalue weighted by molar-refractivity contribution is 6.30. The fourth-order valence-electron chi connectivity index (χ4n) is 2.76. The molecule has 0 bridgehead atoms. The van der Waals surface area contributed by atoms with Crippen molar-refractivity contribution >= 4 is 11.6 Å². The van der Waals surface area contributed by atoms with Crippen LogP contribution < -0.4 is 10.5 Å². The van der Waals surface area contributed by atoms with E-state index >= 15 is 0 Å². The topological polar surface area (TPSA) is 53.1 Å². The zero-order chi connectivity index (χ0) is 14.3. The molecule has 20 heavy (non-hydrogen) atoms. The lowest BCUT2D eigenvalue weighted by Crippen LogP contribution is -2.24. The molecule has 106 valence electrons. The third kappa shape index (κ3) is 2.30. The Morgan fingerprint density at radius 2 is 2.25 bits per heavy atom. The van der Waals surface area contributed by atoms with E-state index in [0.717, 1.165) is 35.4 Å². The van der Waals surface area contributed by atoms with Crippen molar-refractivity contribution in [3.05, 3.63) is 46.2 Å². The second-order valence-electron chi connectivity index (χ2n) is 5.19. The minimum absolute atomic E-state index is 0.0395. The average Bonchev–Trinajstić information content (AvgIpc) is 2.80. The van der Waals surface area contributed by atoms with Crippen LogP contribution in [0.25, 0.3) is 0 Å². The van der Waals surface area contributed by atoms with Crippen LogP contribution in [0.15, 0.2) is 24.4 Å². The van der Waals surface area contributed by atoms with Gasteiger partial charge in [0.15, 0.2) is 0 Å². The first-order valence-corrected chi connectivity index (χ1v) is 7.20. The Bertz CT molecular complexity index is 638. The molecule has 2 aromatic rings. The van der Waals surface area contributed by atoms with Crippen LogP contribution in [0.2, 0.25) is 5.02 Å². The molecule has 1 aliphatic heterocycles. The summed E-state index contributed by atoms with van der Waals surface area (Å²) in [5.74, 6) is 0.823. The molecular weight excluding hydrogens is 274 g/mol. The lowest BCUT2D eigenvalue weighted by Gasteiger charge is -2.30. The Kier molecular flexibility index (Phi) is 3.44. The first-order valence-electron chi connectivity index (χ1n) is 6.82. The van der Waals surface area contributed by atoms with Gasteiger partial charge in [0.2, 0.25) is 0 Å². The summed E-state index contributed by atoms with van der Waals surface area (Å²) in [6.45, 7) is 2.10. The van der Waals surface area contributed by atoms with Crippen LogP contribution in [0.1, 0.15) is 42.3 Å². The maximum absolute atomic E-state index is 6.28. The Hall–Kier alpha value is -1.52. The normalized spacial score (nSPS) is 21.4. The highest BCUT2D eigenvalue weighted by Crippen LogP contribution is 2.41. The molecule has 0 fully saturated rings. The highest BCUT2D eigenvalue weighted by Gasteiger charge is 2.29. The molecule has 0 radical (unpaired) electrons. The van der Waals surface area contributed by atoms with Gasteiger partial charge in [-0.3, -0.25) is 4.68 Å². The molecule has 2 atom stereocenters. The number of nitrogens with two attached hydrogens (primary N) is 1. The van der Waals surface area contributed by atoms with Crippen molar-refractivity contribution in [2.75, 3.05) is 0 Å². The molecule has 4 nitrogen and oxygen atoms in total. The Labute approximate surface area is 123 Å². The molecule has 0 saturated carbocycles. The molecule has 1 unspecified atom stereocenters. The summed E-state index contributed by atoms with van der Waals surface area (Å²) in [4.78, 5) is 0. The van der Waals surface area contributed by atoms with Gasteiger partial charge in [-0.05, 0) is 24.6 Å². The van der Waals surface area contributed by atoms with Gasteiger partial charge in [0.05, 0.1) is 5.69 Å². The first kappa shape index (κ1) is 13.5. The molecule has 3 rings (SSSR count). The van der Waals surface area contributed by atoms with Crippen LogP contribution in [0.4, 0.5) is 0 Å². The fraction of sp³-hybridized carbons (Fsp3) is 0.400. The van der Waals surface area contributed by atoms with Crippen LogP contribution >= 0.6 is 11.6 Å². The van der Waals surface area contributed by atoms with Crippen LogP contribution in [0.5, 0.6) is 5.75 Å². The van der Waals surface area contributed by atoms with Crippen LogP contribution in [-0.4, -0.2) is 9.78 Å². The molecule has 2 N–H and O–H groups in total. The van der Waals surface area contributed by atoms with Crippen molar-refractivity contribution in [3.8, 4) is 5.75 Å². The number of fused-ring (bicyclic) bond motifs is 1. The number of halogens is 1. The van der Waals surface area contributed by atoms with Crippen molar-refractivity contribution in [2.45, 2.75) is 31.9 Å². The molecule has 1 aromatic heterocycles. The van der Waals surface area contributed by atoms with Gasteiger partial charge in [-0.2, -0.15) is 5.10 Å². The van der Waals surface area contributed by atoms with Crippen LogP contribution in [0.3, 0.4) is 0 Å². The Morgan fingerprint density at radius 3 is 3.00 bits per heavy atom. The summed E-state index contributed by atoms with van der Waals surface area (Å²) in [5, 5.41) is 5.17. The molecule has 1 aromatic carbocycles. The summed E-state index contributed by atoms with van der Waals surface area (Å²) in [6, 6.07) is 5.56. The van der Waals surface area contributed by atoms with Gasteiger partial charge >= 0.3 is 0 Å². The van der Waals surface area contributed by atoms with Crippen LogP contribution in [0, 0.1) is 0 Å². The third-order valence-corrected chi connectivity index (χ3v) is 3.96. The van der Waals surface area contributed by atoms with Gasteiger partial charge in [0, 0.05) is 41.9 Å². The minimum atomic E-state index is -0.0626. The second kappa shape index (κ2) is 5.11. The largest absolute Gasteiger partial charge is 0.485 e. The Morgan fingerprint density at radius 1 is 1.45 bits per heavy atom. The van der Waals surface area contributed by atoms with E-state index in [4.69, 9.17) is 22.1 Å². The molecule has 0 amide bonds. The van der Waals surface area contributed by atoms with Crippen molar-refractivity contribution in [1.82, 2.24) is 9.78 Å². The fourth-order valence-corrected chi connectivity index (χ4v) is 2.94. The number of hydrogen-bond acceptors (Lipinski definition) is 3. The maximum Gasteiger partial charge on any atom is 0.129 e. The minimum Gasteiger partial charge on any atom is -0.485 e. The average molecular weight is 292 g/mol. The molecule has 0 saturated heterocycles. The molecule has 2 heterocycles. The predicted molar refractivity (Wildman–Crippen MR) is 79.0 cm³/mol. The van der Waals surface area contributed by atoms with Gasteiger partial charge in [-0.1, -0.05) is 18.5 Å². The number of aryl methyl sites for hydroxylation is 2. The van der Waals surface area contributed by atoms with Gasteiger partial charge in [0.25, 0.3) is 0 Å². The van der Waals surface area contributed by atoms with E-state index in [0.29, 0.717) is 5.02 Å². The third-order valence-electron chi connectivity index (χ3n) is 3.73. The summed E-state index contributed by atoms with van der Waals surface area (Å²) in [7, 11) is 1.93. The van der Waals surface area contributed by atoms with Crippen molar-refractivity contribution in [2.24, 2.45) is 12.8 Å². The molecule has 5 heteroatoms. The van der Waals surface area contributed by atoms with Crippen molar-refractivity contribution < 1.29 is 4.74 Å². The van der Waals surface area contributed by atoms with E-state index in [1.165, 1.54) is 0 Å². The Balaban J connectivity index is 1.96. The summed E-state index contributed by atoms with van der Waals surface area (Å²) in [6.07, 6.45) is 3.62. The van der Waals surface area contributed by atoms with Gasteiger partial charge in [0.1, 0.15) is 11.9 Å². The van der Waals surface area contributed by atoms with E-state index in [9.17, 15) is 0 Å². The summed E-state index contributed by atoms with van der Waals surface area (Å²) in [5.41, 5.74) is 9.46. The number of benzene rings is 1. The molecule has 1 aliphatic rings. The van der Waals surface area contributed by atoms with E-state index in [-0.39, 0.29) is 12.1 Å². The van der Waals surface area contributed by atoms with E-state index in [1.54, 1.807) is 0 Å². The number of rotatable bonds is 2. The SMILES string of the molecule is CCc1nn(C)cc1C1C[C@H](N)c2cc(Cl)ccc2O1. The number of aromatic nitrogens is 2. The number of hydrogen-bond donors (Lipinski definition) is 1. The quantitative estimate of drug-likeness (QED) is 0.925. The predicted octanol–water partition coefficient (Wildman–Crippen LogP) is 3.16. The zero-order valence-electron chi connectivity index (χ0n) is 11.6. The highest BCUT2D eigenvalue weighted by atomic mass is 35.5. The number of nitrogens with zero attached hydrogens (tertiary/aromatic N) is 2. The number of ether oxygens (including phenoxy) is 1. The van der Waals surface area contributed by atoms with E-state index in [2.05, 4.69) is 12.0 Å². The smallest absolute Gasteiger partial charge is 0.129 e. The standard InChI is InChI=1S/C15H18ClN3O/c1-3-13-11(8-19(2)18-13)15-7-12(17)10-6-9(16)4-5-14(10)20-15/h4-6,8,12,15H,3,7,17H2,1-2H3/t12-,15?/m0/s1. The first-order chi connectivity index (χ1) is 9.58. The molecular formula is C15H18ClN3O. The van der Waals surface area contributed by atoms with Crippen LogP contribution in [-0.2, 0) is 13.5 Å². The summed E-state index contributed by atoms with van der Waals surface area (Å²) >= 11 is 6.02. The maximum atomic E-state index is 6.28.